The second-order valence-electron chi connectivity index (χ2n) is 7.41. The zero-order chi connectivity index (χ0) is 25.3. The molecule has 11 heteroatoms. The van der Waals surface area contributed by atoms with E-state index < -0.39 is 10.1 Å². The largest absolute Gasteiger partial charge is 0.489 e. The Morgan fingerprint density at radius 2 is 2.00 bits per heavy atom. The van der Waals surface area contributed by atoms with E-state index in [0.29, 0.717) is 41.3 Å². The zero-order valence-electron chi connectivity index (χ0n) is 18.9. The van der Waals surface area contributed by atoms with Crippen LogP contribution in [0.5, 0.6) is 5.75 Å². The molecule has 0 bridgehead atoms. The molecular weight excluding hydrogens is 475 g/mol. The van der Waals surface area contributed by atoms with Gasteiger partial charge in [-0.05, 0) is 42.8 Å². The Kier molecular flexibility index (Phi) is 8.90. The van der Waals surface area contributed by atoms with Crippen LogP contribution in [0.2, 0.25) is 0 Å². The zero-order valence-corrected chi connectivity index (χ0v) is 19.7. The number of nitrogens with one attached hydrogen (secondary N) is 1. The third-order valence-corrected chi connectivity index (χ3v) is 5.55. The lowest BCUT2D eigenvalue weighted by atomic mass is 10.2. The summed E-state index contributed by atoms with van der Waals surface area (Å²) in [5.41, 5.74) is 9.04. The van der Waals surface area contributed by atoms with E-state index in [1.807, 2.05) is 19.1 Å². The van der Waals surface area contributed by atoms with E-state index in [-0.39, 0.29) is 18.0 Å². The molecule has 0 aliphatic heterocycles. The van der Waals surface area contributed by atoms with Crippen molar-refractivity contribution in [2.75, 3.05) is 18.5 Å². The van der Waals surface area contributed by atoms with Gasteiger partial charge in [0.2, 0.25) is 0 Å². The van der Waals surface area contributed by atoms with Crippen LogP contribution in [-0.2, 0) is 16.7 Å². The third-order valence-electron chi connectivity index (χ3n) is 4.69. The SMILES string of the molecule is Cc1ccc(S(=O)(=O)O)cc1.NC/C(=C\F)COc1ccc2nc(NCc3cccnc3)oc2c1. The molecule has 0 aliphatic carbocycles. The van der Waals surface area contributed by atoms with Crippen LogP contribution in [0.25, 0.3) is 11.1 Å². The first-order valence-electron chi connectivity index (χ1n) is 10.5. The molecule has 0 unspecified atom stereocenters. The van der Waals surface area contributed by atoms with Crippen molar-refractivity contribution in [3.63, 3.8) is 0 Å². The molecule has 0 saturated heterocycles. The van der Waals surface area contributed by atoms with Gasteiger partial charge >= 0.3 is 0 Å². The molecule has 4 N–H and O–H groups in total. The maximum Gasteiger partial charge on any atom is 0.295 e. The maximum absolute atomic E-state index is 12.5. The number of oxazole rings is 1. The van der Waals surface area contributed by atoms with E-state index in [2.05, 4.69) is 15.3 Å². The number of benzene rings is 2. The summed E-state index contributed by atoms with van der Waals surface area (Å²) in [6.07, 6.45) is 3.96. The van der Waals surface area contributed by atoms with Crippen molar-refractivity contribution in [3.05, 3.63) is 90.0 Å². The molecule has 0 saturated carbocycles. The Labute approximate surface area is 202 Å². The number of pyridine rings is 1. The lowest BCUT2D eigenvalue weighted by Gasteiger charge is -2.06. The topological polar surface area (TPSA) is 141 Å². The summed E-state index contributed by atoms with van der Waals surface area (Å²) in [5.74, 6) is 0.560. The van der Waals surface area contributed by atoms with Gasteiger partial charge in [-0.2, -0.15) is 13.4 Å². The predicted octanol–water partition coefficient (Wildman–Crippen LogP) is 4.27. The van der Waals surface area contributed by atoms with Crippen molar-refractivity contribution in [1.29, 1.82) is 0 Å². The maximum atomic E-state index is 12.5. The number of ether oxygens (including phenoxy) is 1. The monoisotopic (exact) mass is 500 g/mol. The normalized spacial score (nSPS) is 11.6. The lowest BCUT2D eigenvalue weighted by molar-refractivity contribution is 0.347. The number of hydrogen-bond acceptors (Lipinski definition) is 8. The minimum Gasteiger partial charge on any atom is -0.489 e. The number of nitrogens with zero attached hydrogens (tertiary/aromatic N) is 2. The van der Waals surface area contributed by atoms with E-state index in [0.717, 1.165) is 11.1 Å². The molecule has 184 valence electrons. The van der Waals surface area contributed by atoms with E-state index in [9.17, 15) is 12.8 Å². The van der Waals surface area contributed by atoms with Gasteiger partial charge in [0.15, 0.2) is 5.58 Å². The molecule has 0 atom stereocenters. The highest BCUT2D eigenvalue weighted by molar-refractivity contribution is 7.85. The van der Waals surface area contributed by atoms with Crippen molar-refractivity contribution >= 4 is 27.2 Å². The fraction of sp³-hybridized carbons (Fsp3) is 0.167. The number of anilines is 1. The van der Waals surface area contributed by atoms with Crippen molar-refractivity contribution < 1.29 is 26.5 Å². The first kappa shape index (κ1) is 25.8. The Balaban J connectivity index is 0.000000261. The minimum atomic E-state index is -4.02. The van der Waals surface area contributed by atoms with E-state index in [1.54, 1.807) is 42.7 Å². The molecule has 0 radical (unpaired) electrons. The molecule has 0 aliphatic rings. The van der Waals surface area contributed by atoms with Gasteiger partial charge in [0.1, 0.15) is 17.9 Å². The van der Waals surface area contributed by atoms with Crippen molar-refractivity contribution in [1.82, 2.24) is 9.97 Å². The second-order valence-corrected chi connectivity index (χ2v) is 8.83. The van der Waals surface area contributed by atoms with Gasteiger partial charge in [-0.25, -0.2) is 4.39 Å². The van der Waals surface area contributed by atoms with Crippen LogP contribution in [0, 0.1) is 6.92 Å². The Morgan fingerprint density at radius 1 is 1.23 bits per heavy atom. The first-order valence-corrected chi connectivity index (χ1v) is 11.9. The first-order chi connectivity index (χ1) is 16.8. The molecule has 0 fully saturated rings. The fourth-order valence-corrected chi connectivity index (χ4v) is 3.25. The number of fused-ring (bicyclic) bond motifs is 1. The number of aryl methyl sites for hydroxylation is 1. The van der Waals surface area contributed by atoms with Gasteiger partial charge in [0.05, 0.1) is 11.2 Å². The van der Waals surface area contributed by atoms with Gasteiger partial charge in [-0.15, -0.1) is 0 Å². The van der Waals surface area contributed by atoms with Crippen molar-refractivity contribution in [2.24, 2.45) is 5.73 Å². The van der Waals surface area contributed by atoms with Crippen LogP contribution in [0.4, 0.5) is 10.4 Å². The summed E-state index contributed by atoms with van der Waals surface area (Å²) in [7, 11) is -4.02. The number of halogens is 1. The predicted molar refractivity (Wildman–Crippen MR) is 130 cm³/mol. The summed E-state index contributed by atoms with van der Waals surface area (Å²) < 4.78 is 53.2. The standard InChI is InChI=1S/C17H17FN4O2.C7H8O3S/c18-7-13(8-19)11-23-14-3-4-15-16(6-14)24-17(22-15)21-10-12-2-1-5-20-9-12;1-6-2-4-7(5-3-6)11(8,9)10/h1-7,9H,8,10-11,19H2,(H,21,22);2-5H,1H3,(H,8,9,10)/b13-7+;. The van der Waals surface area contributed by atoms with E-state index >= 15 is 0 Å². The second kappa shape index (κ2) is 12.1. The molecule has 35 heavy (non-hydrogen) atoms. The van der Waals surface area contributed by atoms with Crippen LogP contribution in [0.1, 0.15) is 11.1 Å². The highest BCUT2D eigenvalue weighted by Crippen LogP contribution is 2.24. The van der Waals surface area contributed by atoms with Gasteiger partial charge in [-0.1, -0.05) is 23.8 Å². The highest BCUT2D eigenvalue weighted by atomic mass is 32.2. The number of hydrogen-bond donors (Lipinski definition) is 3. The number of rotatable bonds is 8. The average molecular weight is 501 g/mol. The molecule has 2 heterocycles. The molecule has 9 nitrogen and oxygen atoms in total. The summed E-state index contributed by atoms with van der Waals surface area (Å²) in [6.45, 7) is 2.61. The van der Waals surface area contributed by atoms with Crippen molar-refractivity contribution in [2.45, 2.75) is 18.4 Å². The third kappa shape index (κ3) is 7.88. The molecule has 4 rings (SSSR count). The molecule has 0 spiro atoms. The Morgan fingerprint density at radius 3 is 2.63 bits per heavy atom. The molecule has 2 aromatic carbocycles. The summed E-state index contributed by atoms with van der Waals surface area (Å²) in [6, 6.07) is 15.5. The number of nitrogens with two attached hydrogens (primary N) is 1. The highest BCUT2D eigenvalue weighted by Gasteiger charge is 2.08. The lowest BCUT2D eigenvalue weighted by Crippen LogP contribution is -2.10. The average Bonchev–Trinajstić information content (AvgIpc) is 3.26. The molecule has 2 aromatic heterocycles. The van der Waals surface area contributed by atoms with Crippen LogP contribution < -0.4 is 15.8 Å². The van der Waals surface area contributed by atoms with E-state index in [4.69, 9.17) is 19.4 Å². The quantitative estimate of drug-likeness (QED) is 0.303. The van der Waals surface area contributed by atoms with Gasteiger partial charge in [-0.3, -0.25) is 9.54 Å². The Hall–Kier alpha value is -3.80. The van der Waals surface area contributed by atoms with Crippen molar-refractivity contribution in [3.8, 4) is 5.75 Å². The van der Waals surface area contributed by atoms with E-state index in [1.165, 1.54) is 12.1 Å². The van der Waals surface area contributed by atoms with Gasteiger partial charge < -0.3 is 20.2 Å². The molecular formula is C24H25FN4O5S. The summed E-state index contributed by atoms with van der Waals surface area (Å²) in [5, 5.41) is 3.10. The molecule has 0 amide bonds. The van der Waals surface area contributed by atoms with Crippen LogP contribution in [-0.4, -0.2) is 36.1 Å². The van der Waals surface area contributed by atoms with Gasteiger partial charge in [0, 0.05) is 37.1 Å². The smallest absolute Gasteiger partial charge is 0.295 e. The van der Waals surface area contributed by atoms with Crippen LogP contribution in [0.15, 0.2) is 88.2 Å². The van der Waals surface area contributed by atoms with Gasteiger partial charge in [0.25, 0.3) is 16.1 Å². The van der Waals surface area contributed by atoms with Crippen LogP contribution in [0.3, 0.4) is 0 Å². The fourth-order valence-electron chi connectivity index (χ4n) is 2.77. The Bertz CT molecular complexity index is 1370. The minimum absolute atomic E-state index is 0.0666. The van der Waals surface area contributed by atoms with Crippen LogP contribution >= 0.6 is 0 Å². The summed E-state index contributed by atoms with van der Waals surface area (Å²) in [4.78, 5) is 8.34. The molecule has 4 aromatic rings. The number of aromatic nitrogens is 2. The summed E-state index contributed by atoms with van der Waals surface area (Å²) >= 11 is 0.